The van der Waals surface area contributed by atoms with Gasteiger partial charge in [-0.1, -0.05) is 69.7 Å². The van der Waals surface area contributed by atoms with Crippen LogP contribution in [0.1, 0.15) is 68.8 Å². The van der Waals surface area contributed by atoms with E-state index in [4.69, 9.17) is 9.72 Å². The third kappa shape index (κ3) is 5.37. The molecule has 3 nitrogen and oxygen atoms in total. The van der Waals surface area contributed by atoms with Gasteiger partial charge in [-0.3, -0.25) is 0 Å². The Morgan fingerprint density at radius 2 is 1.64 bits per heavy atom. The molecule has 0 aliphatic heterocycles. The van der Waals surface area contributed by atoms with E-state index in [1.807, 2.05) is 0 Å². The number of unbranched alkanes of at least 4 members (excludes halogenated alkanes) is 6. The first-order valence-electron chi connectivity index (χ1n) is 10.8. The Hall–Kier alpha value is -2.29. The number of rotatable bonds is 11. The number of para-hydroxylation sites is 2. The SMILES string of the molecule is CCCCCCCCCn1c(COc2cc(C)ccc2C)nc2ccccc21. The van der Waals surface area contributed by atoms with Crippen LogP contribution in [0.15, 0.2) is 42.5 Å². The largest absolute Gasteiger partial charge is 0.485 e. The van der Waals surface area contributed by atoms with Crippen molar-refractivity contribution in [3.8, 4) is 5.75 Å². The lowest BCUT2D eigenvalue weighted by molar-refractivity contribution is 0.287. The monoisotopic (exact) mass is 378 g/mol. The van der Waals surface area contributed by atoms with Crippen molar-refractivity contribution in [2.75, 3.05) is 0 Å². The molecule has 3 heteroatoms. The van der Waals surface area contributed by atoms with Gasteiger partial charge in [-0.15, -0.1) is 0 Å². The minimum Gasteiger partial charge on any atom is -0.485 e. The van der Waals surface area contributed by atoms with Gasteiger partial charge in [0, 0.05) is 6.54 Å². The summed E-state index contributed by atoms with van der Waals surface area (Å²) in [6, 6.07) is 14.8. The second kappa shape index (κ2) is 10.3. The highest BCUT2D eigenvalue weighted by atomic mass is 16.5. The Morgan fingerprint density at radius 3 is 2.46 bits per heavy atom. The summed E-state index contributed by atoms with van der Waals surface area (Å²) in [4.78, 5) is 4.86. The van der Waals surface area contributed by atoms with E-state index in [2.05, 4.69) is 67.8 Å². The summed E-state index contributed by atoms with van der Waals surface area (Å²) >= 11 is 0. The summed E-state index contributed by atoms with van der Waals surface area (Å²) < 4.78 is 8.52. The molecule has 0 saturated carbocycles. The molecular formula is C25H34N2O. The average molecular weight is 379 g/mol. The van der Waals surface area contributed by atoms with E-state index in [-0.39, 0.29) is 0 Å². The van der Waals surface area contributed by atoms with E-state index in [1.165, 1.54) is 61.6 Å². The lowest BCUT2D eigenvalue weighted by Crippen LogP contribution is -2.08. The molecule has 0 saturated heterocycles. The van der Waals surface area contributed by atoms with Crippen LogP contribution < -0.4 is 4.74 Å². The van der Waals surface area contributed by atoms with Crippen molar-refractivity contribution in [1.82, 2.24) is 9.55 Å². The minimum atomic E-state index is 0.509. The van der Waals surface area contributed by atoms with Crippen LogP contribution in [0, 0.1) is 13.8 Å². The molecule has 0 atom stereocenters. The maximum absolute atomic E-state index is 6.16. The Bertz CT molecular complexity index is 881. The summed E-state index contributed by atoms with van der Waals surface area (Å²) in [7, 11) is 0. The number of fused-ring (bicyclic) bond motifs is 1. The topological polar surface area (TPSA) is 27.1 Å². The second-order valence-electron chi connectivity index (χ2n) is 7.85. The predicted octanol–water partition coefficient (Wildman–Crippen LogP) is 6.98. The fourth-order valence-electron chi connectivity index (χ4n) is 3.72. The van der Waals surface area contributed by atoms with Crippen LogP contribution >= 0.6 is 0 Å². The third-order valence-corrected chi connectivity index (χ3v) is 5.42. The highest BCUT2D eigenvalue weighted by molar-refractivity contribution is 5.75. The molecule has 0 aliphatic rings. The number of ether oxygens (including phenoxy) is 1. The van der Waals surface area contributed by atoms with Crippen LogP contribution in [0.2, 0.25) is 0 Å². The van der Waals surface area contributed by atoms with Gasteiger partial charge >= 0.3 is 0 Å². The molecule has 0 aliphatic carbocycles. The van der Waals surface area contributed by atoms with Crippen molar-refractivity contribution in [2.45, 2.75) is 78.9 Å². The Morgan fingerprint density at radius 1 is 0.893 bits per heavy atom. The van der Waals surface area contributed by atoms with Crippen molar-refractivity contribution in [1.29, 1.82) is 0 Å². The normalized spacial score (nSPS) is 11.2. The number of nitrogens with zero attached hydrogens (tertiary/aromatic N) is 2. The number of hydrogen-bond donors (Lipinski definition) is 0. The van der Waals surface area contributed by atoms with Gasteiger partial charge < -0.3 is 9.30 Å². The highest BCUT2D eigenvalue weighted by Crippen LogP contribution is 2.22. The molecule has 3 rings (SSSR count). The first kappa shape index (κ1) is 20.4. The van der Waals surface area contributed by atoms with Gasteiger partial charge in [-0.25, -0.2) is 4.98 Å². The fraction of sp³-hybridized carbons (Fsp3) is 0.480. The molecule has 0 spiro atoms. The Kier molecular flexibility index (Phi) is 7.53. The molecule has 0 bridgehead atoms. The van der Waals surface area contributed by atoms with Crippen LogP contribution in [-0.2, 0) is 13.2 Å². The molecule has 1 heterocycles. The molecule has 2 aromatic carbocycles. The molecule has 0 radical (unpaired) electrons. The maximum Gasteiger partial charge on any atom is 0.147 e. The van der Waals surface area contributed by atoms with E-state index in [9.17, 15) is 0 Å². The van der Waals surface area contributed by atoms with Crippen LogP contribution in [0.5, 0.6) is 5.75 Å². The zero-order chi connectivity index (χ0) is 19.8. The molecule has 0 unspecified atom stereocenters. The van der Waals surface area contributed by atoms with E-state index in [0.29, 0.717) is 6.61 Å². The molecular weight excluding hydrogens is 344 g/mol. The van der Waals surface area contributed by atoms with Crippen LogP contribution in [-0.4, -0.2) is 9.55 Å². The quantitative estimate of drug-likeness (QED) is 0.336. The third-order valence-electron chi connectivity index (χ3n) is 5.42. The lowest BCUT2D eigenvalue weighted by atomic mass is 10.1. The van der Waals surface area contributed by atoms with E-state index in [1.54, 1.807) is 0 Å². The number of hydrogen-bond acceptors (Lipinski definition) is 2. The highest BCUT2D eigenvalue weighted by Gasteiger charge is 2.11. The van der Waals surface area contributed by atoms with Gasteiger partial charge in [0.2, 0.25) is 0 Å². The number of imidazole rings is 1. The second-order valence-corrected chi connectivity index (χ2v) is 7.85. The summed E-state index contributed by atoms with van der Waals surface area (Å²) in [5.41, 5.74) is 4.66. The first-order chi connectivity index (χ1) is 13.7. The summed E-state index contributed by atoms with van der Waals surface area (Å²) in [5.74, 6) is 1.97. The molecule has 0 amide bonds. The van der Waals surface area contributed by atoms with Crippen molar-refractivity contribution in [3.05, 3.63) is 59.4 Å². The van der Waals surface area contributed by atoms with E-state index < -0.39 is 0 Å². The van der Waals surface area contributed by atoms with E-state index in [0.717, 1.165) is 23.6 Å². The van der Waals surface area contributed by atoms with Crippen molar-refractivity contribution >= 4 is 11.0 Å². The van der Waals surface area contributed by atoms with Gasteiger partial charge in [-0.05, 0) is 49.6 Å². The summed E-state index contributed by atoms with van der Waals surface area (Å²) in [5, 5.41) is 0. The summed E-state index contributed by atoms with van der Waals surface area (Å²) in [6.07, 6.45) is 9.23. The maximum atomic E-state index is 6.16. The lowest BCUT2D eigenvalue weighted by Gasteiger charge is -2.12. The molecule has 1 aromatic heterocycles. The van der Waals surface area contributed by atoms with Crippen molar-refractivity contribution in [2.24, 2.45) is 0 Å². The van der Waals surface area contributed by atoms with Crippen LogP contribution in [0.25, 0.3) is 11.0 Å². The van der Waals surface area contributed by atoms with Gasteiger partial charge in [0.25, 0.3) is 0 Å². The van der Waals surface area contributed by atoms with Crippen LogP contribution in [0.4, 0.5) is 0 Å². The standard InChI is InChI=1S/C25H34N2O/c1-4-5-6-7-8-9-12-17-27-23-14-11-10-13-22(23)26-25(27)19-28-24-18-20(2)15-16-21(24)3/h10-11,13-16,18H,4-9,12,17,19H2,1-3H3. The van der Waals surface area contributed by atoms with Gasteiger partial charge in [0.1, 0.15) is 18.2 Å². The molecule has 28 heavy (non-hydrogen) atoms. The Labute approximate surface area is 169 Å². The van der Waals surface area contributed by atoms with Gasteiger partial charge in [0.05, 0.1) is 11.0 Å². The minimum absolute atomic E-state index is 0.509. The van der Waals surface area contributed by atoms with Gasteiger partial charge in [-0.2, -0.15) is 0 Å². The molecule has 0 N–H and O–H groups in total. The fourth-order valence-corrected chi connectivity index (χ4v) is 3.72. The summed E-state index contributed by atoms with van der Waals surface area (Å²) in [6.45, 7) is 7.99. The van der Waals surface area contributed by atoms with Gasteiger partial charge in [0.15, 0.2) is 0 Å². The Balaban J connectivity index is 1.66. The molecule has 150 valence electrons. The zero-order valence-electron chi connectivity index (χ0n) is 17.7. The predicted molar refractivity (Wildman–Crippen MR) is 118 cm³/mol. The smallest absolute Gasteiger partial charge is 0.147 e. The van der Waals surface area contributed by atoms with Crippen LogP contribution in [0.3, 0.4) is 0 Å². The number of aromatic nitrogens is 2. The zero-order valence-corrected chi connectivity index (χ0v) is 17.7. The van der Waals surface area contributed by atoms with Crippen molar-refractivity contribution in [3.63, 3.8) is 0 Å². The average Bonchev–Trinajstić information content (AvgIpc) is 3.05. The molecule has 3 aromatic rings. The molecule has 0 fully saturated rings. The van der Waals surface area contributed by atoms with E-state index >= 15 is 0 Å². The number of benzene rings is 2. The first-order valence-corrected chi connectivity index (χ1v) is 10.8. The number of aryl methyl sites for hydroxylation is 3. The van der Waals surface area contributed by atoms with Crippen molar-refractivity contribution < 1.29 is 4.74 Å².